The maximum atomic E-state index is 4.35. The van der Waals surface area contributed by atoms with Crippen LogP contribution >= 0.6 is 0 Å². The van der Waals surface area contributed by atoms with Crippen LogP contribution in [0.2, 0.25) is 0 Å². The SMILES string of the molecule is Cc1cc(-c2ccccc2)ccn1.Cc1cc(-c2cccnc2)ccn1.Cc1cc(-c2ccncc2)ccn1.Cc1ccc(-c2ccccc2)cn1.Cc1ccc(-c2ccccc2)nc1.Cc1ccc(-c2ccccn2)cc1.Cc1ccc(-c2cccnc2)cc1.Cc1ccc(-c2ccncc2)cc1.Cc1ccc(-c2ncccn2)cc1. The Labute approximate surface area is 689 Å². The van der Waals surface area contributed by atoms with Gasteiger partial charge in [-0.2, -0.15) is 0 Å². The number of nitrogens with zero attached hydrogens (tertiary/aromatic N) is 12. The first-order chi connectivity index (χ1) is 57.2. The van der Waals surface area contributed by atoms with Crippen molar-refractivity contribution in [3.63, 3.8) is 0 Å². The first-order valence-electron chi connectivity index (χ1n) is 38.6. The highest BCUT2D eigenvalue weighted by atomic mass is 14.9. The normalized spacial score (nSPS) is 9.92. The molecule has 12 nitrogen and oxygen atoms in total. The topological polar surface area (TPSA) is 155 Å². The van der Waals surface area contributed by atoms with Gasteiger partial charge in [0.2, 0.25) is 0 Å². The smallest absolute Gasteiger partial charge is 0.159 e. The molecule has 0 N–H and O–H groups in total. The predicted molar refractivity (Wildman–Crippen MR) is 483 cm³/mol. The van der Waals surface area contributed by atoms with Crippen molar-refractivity contribution in [1.29, 1.82) is 0 Å². The maximum absolute atomic E-state index is 4.35. The summed E-state index contributed by atoms with van der Waals surface area (Å²) in [7, 11) is 0. The molecule has 18 rings (SSSR count). The molecule has 7 aromatic carbocycles. The van der Waals surface area contributed by atoms with Crippen LogP contribution in [-0.4, -0.2) is 59.8 Å². The van der Waals surface area contributed by atoms with Crippen molar-refractivity contribution in [2.24, 2.45) is 0 Å². The van der Waals surface area contributed by atoms with E-state index >= 15 is 0 Å². The van der Waals surface area contributed by atoms with Crippen LogP contribution in [0.15, 0.2) is 421 Å². The summed E-state index contributed by atoms with van der Waals surface area (Å²) in [6.07, 6.45) is 29.1. The van der Waals surface area contributed by atoms with Crippen LogP contribution in [0.4, 0.5) is 0 Å². The van der Waals surface area contributed by atoms with Gasteiger partial charge in [0.15, 0.2) is 5.82 Å². The first kappa shape index (κ1) is 84.6. The van der Waals surface area contributed by atoms with E-state index in [2.05, 4.69) is 245 Å². The van der Waals surface area contributed by atoms with Gasteiger partial charge in [-0.15, -0.1) is 0 Å². The Morgan fingerprint density at radius 3 is 0.880 bits per heavy atom. The molecule has 0 atom stereocenters. The highest BCUT2D eigenvalue weighted by Gasteiger charge is 2.04. The summed E-state index contributed by atoms with van der Waals surface area (Å²) in [5.41, 5.74) is 30.3. The lowest BCUT2D eigenvalue weighted by Gasteiger charge is -2.00. The van der Waals surface area contributed by atoms with Crippen LogP contribution in [0.5, 0.6) is 0 Å². The quantitative estimate of drug-likeness (QED) is 0.135. The number of aromatic nitrogens is 12. The third kappa shape index (κ3) is 29.6. The number of hydrogen-bond donors (Lipinski definition) is 0. The molecule has 0 fully saturated rings. The maximum Gasteiger partial charge on any atom is 0.159 e. The molecule has 12 heteroatoms. The van der Waals surface area contributed by atoms with Crippen molar-refractivity contribution >= 4 is 0 Å². The molecular formula is C105H96N12. The third-order valence-corrected chi connectivity index (χ3v) is 17.8. The van der Waals surface area contributed by atoms with E-state index in [1.807, 2.05) is 260 Å². The molecule has 576 valence electrons. The Kier molecular flexibility index (Phi) is 33.8. The van der Waals surface area contributed by atoms with E-state index in [0.29, 0.717) is 0 Å². The Bertz CT molecular complexity index is 4930. The van der Waals surface area contributed by atoms with E-state index in [9.17, 15) is 0 Å². The highest BCUT2D eigenvalue weighted by molar-refractivity contribution is 5.68. The van der Waals surface area contributed by atoms with Crippen molar-refractivity contribution in [2.75, 3.05) is 0 Å². The molecule has 0 aliphatic rings. The summed E-state index contributed by atoms with van der Waals surface area (Å²) < 4.78 is 0. The molecular weight excluding hydrogens is 1430 g/mol. The van der Waals surface area contributed by atoms with Gasteiger partial charge in [0.25, 0.3) is 0 Å². The minimum absolute atomic E-state index is 0.780. The van der Waals surface area contributed by atoms with E-state index in [0.717, 1.165) is 51.1 Å². The molecule has 11 heterocycles. The average Bonchev–Trinajstić information content (AvgIpc) is 1.14. The molecule has 0 saturated heterocycles. The molecule has 0 aliphatic carbocycles. The van der Waals surface area contributed by atoms with Crippen molar-refractivity contribution in [2.45, 2.75) is 62.3 Å². The van der Waals surface area contributed by atoms with Gasteiger partial charge >= 0.3 is 0 Å². The van der Waals surface area contributed by atoms with Crippen LogP contribution in [-0.2, 0) is 0 Å². The molecule has 0 bridgehead atoms. The van der Waals surface area contributed by atoms with Crippen molar-refractivity contribution < 1.29 is 0 Å². The zero-order valence-corrected chi connectivity index (χ0v) is 67.7. The van der Waals surface area contributed by atoms with Crippen LogP contribution in [0.25, 0.3) is 101 Å². The Hall–Kier alpha value is -14.9. The molecule has 0 radical (unpaired) electrons. The molecule has 0 spiro atoms. The summed E-state index contributed by atoms with van der Waals surface area (Å²) >= 11 is 0. The molecule has 11 aromatic heterocycles. The summed E-state index contributed by atoms with van der Waals surface area (Å²) in [5.74, 6) is 0.780. The Morgan fingerprint density at radius 2 is 0.470 bits per heavy atom. The lowest BCUT2D eigenvalue weighted by molar-refractivity contribution is 1.17. The minimum atomic E-state index is 0.780. The lowest BCUT2D eigenvalue weighted by atomic mass is 10.1. The Balaban J connectivity index is 0.000000139. The Morgan fingerprint density at radius 1 is 0.145 bits per heavy atom. The van der Waals surface area contributed by atoms with Crippen LogP contribution < -0.4 is 0 Å². The first-order valence-corrected chi connectivity index (χ1v) is 38.6. The van der Waals surface area contributed by atoms with Crippen LogP contribution in [0, 0.1) is 62.3 Å². The monoisotopic (exact) mass is 1520 g/mol. The second kappa shape index (κ2) is 46.8. The van der Waals surface area contributed by atoms with E-state index in [4.69, 9.17) is 0 Å². The number of aryl methyl sites for hydroxylation is 9. The van der Waals surface area contributed by atoms with Gasteiger partial charge in [0, 0.05) is 150 Å². The van der Waals surface area contributed by atoms with E-state index in [1.165, 1.54) is 100 Å². The summed E-state index contributed by atoms with van der Waals surface area (Å²) in [6.45, 7) is 18.4. The van der Waals surface area contributed by atoms with Crippen LogP contribution in [0.3, 0.4) is 0 Å². The average molecular weight is 1530 g/mol. The standard InChI is InChI=1S/6C12H11N.3C11H10N2/c1-10-2-4-11(5-3-10)12-6-8-13-9-7-12;1-10-4-6-11(7-5-10)12-3-2-8-13-9-12;1-10-5-7-11(8-6-10)12-4-2-3-9-13-12;1-10-9-12(7-8-13-10)11-5-3-2-4-6-11;1-10-7-8-12(9-13-10)11-5-3-2-4-6-11;1-10-7-8-12(13-9-10)11-5-3-2-4-6-11;1-9-3-5-10(6-4-9)11-12-7-2-8-13-11;1-9-8-11(4-7-13-9)10-2-5-12-6-3-10;1-9-7-10(4-6-13-9)11-3-2-5-12-8-11/h6*2-9H,1H3;3*2-8H,1H3. The molecule has 0 saturated carbocycles. The minimum Gasteiger partial charge on any atom is -0.265 e. The van der Waals surface area contributed by atoms with Crippen molar-refractivity contribution in [3.05, 3.63) is 471 Å². The fraction of sp³-hybridized carbons (Fsp3) is 0.0857. The fourth-order valence-electron chi connectivity index (χ4n) is 11.4. The fourth-order valence-corrected chi connectivity index (χ4v) is 11.4. The highest BCUT2D eigenvalue weighted by Crippen LogP contribution is 2.25. The second-order valence-electron chi connectivity index (χ2n) is 27.3. The summed E-state index contributed by atoms with van der Waals surface area (Å²) in [5, 5.41) is 0. The van der Waals surface area contributed by atoms with E-state index in [-0.39, 0.29) is 0 Å². The van der Waals surface area contributed by atoms with Gasteiger partial charge in [0.05, 0.1) is 11.4 Å². The molecule has 0 unspecified atom stereocenters. The number of hydrogen-bond acceptors (Lipinski definition) is 12. The number of pyridine rings is 10. The zero-order chi connectivity index (χ0) is 81.9. The van der Waals surface area contributed by atoms with Gasteiger partial charge < -0.3 is 0 Å². The van der Waals surface area contributed by atoms with Crippen molar-refractivity contribution in [1.82, 2.24) is 59.8 Å². The van der Waals surface area contributed by atoms with Crippen LogP contribution in [0.1, 0.15) is 50.6 Å². The lowest BCUT2D eigenvalue weighted by Crippen LogP contribution is -1.85. The van der Waals surface area contributed by atoms with Gasteiger partial charge in [-0.3, -0.25) is 49.8 Å². The van der Waals surface area contributed by atoms with Gasteiger partial charge in [-0.05, 0) is 227 Å². The largest absolute Gasteiger partial charge is 0.265 e. The van der Waals surface area contributed by atoms with Crippen molar-refractivity contribution in [3.8, 4) is 101 Å². The number of rotatable bonds is 9. The molecule has 0 amide bonds. The predicted octanol–water partition coefficient (Wildman–Crippen LogP) is 25.7. The third-order valence-electron chi connectivity index (χ3n) is 17.8. The van der Waals surface area contributed by atoms with E-state index in [1.54, 1.807) is 37.2 Å². The number of benzene rings is 7. The zero-order valence-electron chi connectivity index (χ0n) is 67.7. The molecule has 117 heavy (non-hydrogen) atoms. The summed E-state index contributed by atoms with van der Waals surface area (Å²) in [4.78, 5) is 49.8. The summed E-state index contributed by atoms with van der Waals surface area (Å²) in [6, 6.07) is 109. The van der Waals surface area contributed by atoms with Gasteiger partial charge in [-0.1, -0.05) is 241 Å². The van der Waals surface area contributed by atoms with E-state index < -0.39 is 0 Å². The second-order valence-corrected chi connectivity index (χ2v) is 27.3. The molecule has 0 aliphatic heterocycles. The van der Waals surface area contributed by atoms with Gasteiger partial charge in [0.1, 0.15) is 0 Å². The van der Waals surface area contributed by atoms with Gasteiger partial charge in [-0.25, -0.2) is 9.97 Å². The molecule has 18 aromatic rings.